The fourth-order valence-corrected chi connectivity index (χ4v) is 3.25. The third-order valence-electron chi connectivity index (χ3n) is 4.78. The molecule has 0 spiro atoms. The van der Waals surface area contributed by atoms with E-state index in [1.165, 1.54) is 6.92 Å². The standard InChI is InChI=1S/C20H30N4O4/c1-5-8-26-20-22-17-6-7-18(23-19(17)24(20)4)28-12-15-9-16(10-15)27-11-13(2)21-14(3)25/h6-7,13,15-16H,5,8-12H2,1-4H3,(H,21,25)/t13-,15-,16-/m0/s1. The molecule has 1 amide bonds. The number of hydrogen-bond donors (Lipinski definition) is 1. The van der Waals surface area contributed by atoms with Crippen LogP contribution in [0, 0.1) is 5.92 Å². The SMILES string of the molecule is CCCOc1nc2ccc(OC[C@H]3C[C@H](OC[C@H](C)NC(C)=O)C3)nc2n1C. The molecule has 0 bridgehead atoms. The highest BCUT2D eigenvalue weighted by Gasteiger charge is 2.31. The van der Waals surface area contributed by atoms with Crippen molar-refractivity contribution in [2.45, 2.75) is 52.2 Å². The van der Waals surface area contributed by atoms with E-state index in [0.29, 0.717) is 37.6 Å². The molecule has 2 aromatic rings. The van der Waals surface area contributed by atoms with Crippen LogP contribution in [0.5, 0.6) is 11.9 Å². The van der Waals surface area contributed by atoms with Crippen molar-refractivity contribution in [1.82, 2.24) is 19.9 Å². The molecule has 3 rings (SSSR count). The van der Waals surface area contributed by atoms with Crippen LogP contribution in [0.2, 0.25) is 0 Å². The summed E-state index contributed by atoms with van der Waals surface area (Å²) >= 11 is 0. The van der Waals surface area contributed by atoms with Gasteiger partial charge in [0.05, 0.1) is 25.9 Å². The van der Waals surface area contributed by atoms with E-state index in [1.807, 2.05) is 30.7 Å². The summed E-state index contributed by atoms with van der Waals surface area (Å²) in [7, 11) is 1.90. The van der Waals surface area contributed by atoms with Crippen LogP contribution in [-0.2, 0) is 16.6 Å². The number of pyridine rings is 1. The molecule has 1 aliphatic carbocycles. The summed E-state index contributed by atoms with van der Waals surface area (Å²) < 4.78 is 19.2. The van der Waals surface area contributed by atoms with Crippen molar-refractivity contribution in [2.75, 3.05) is 19.8 Å². The van der Waals surface area contributed by atoms with Crippen LogP contribution < -0.4 is 14.8 Å². The zero-order valence-electron chi connectivity index (χ0n) is 17.1. The molecule has 8 heteroatoms. The van der Waals surface area contributed by atoms with Crippen LogP contribution in [0.15, 0.2) is 12.1 Å². The van der Waals surface area contributed by atoms with Crippen molar-refractivity contribution in [3.05, 3.63) is 12.1 Å². The van der Waals surface area contributed by atoms with E-state index >= 15 is 0 Å². The van der Waals surface area contributed by atoms with Crippen LogP contribution in [0.4, 0.5) is 0 Å². The zero-order chi connectivity index (χ0) is 20.1. The Kier molecular flexibility index (Phi) is 6.72. The molecule has 1 fully saturated rings. The van der Waals surface area contributed by atoms with Gasteiger partial charge in [0, 0.05) is 26.1 Å². The molecule has 0 aromatic carbocycles. The number of rotatable bonds is 10. The second-order valence-electron chi connectivity index (χ2n) is 7.50. The highest BCUT2D eigenvalue weighted by atomic mass is 16.5. The number of aromatic nitrogens is 3. The Balaban J connectivity index is 1.44. The molecule has 1 atom stereocenters. The summed E-state index contributed by atoms with van der Waals surface area (Å²) in [6, 6.07) is 4.37. The van der Waals surface area contributed by atoms with E-state index in [2.05, 4.69) is 22.2 Å². The highest BCUT2D eigenvalue weighted by molar-refractivity contribution is 5.73. The molecule has 28 heavy (non-hydrogen) atoms. The summed E-state index contributed by atoms with van der Waals surface area (Å²) in [5, 5.41) is 2.82. The Bertz CT molecular complexity index is 801. The van der Waals surface area contributed by atoms with E-state index in [-0.39, 0.29) is 18.1 Å². The molecule has 154 valence electrons. The number of amides is 1. The number of carbonyl (C=O) groups is 1. The van der Waals surface area contributed by atoms with Crippen molar-refractivity contribution in [3.8, 4) is 11.9 Å². The molecule has 0 unspecified atom stereocenters. The quantitative estimate of drug-likeness (QED) is 0.670. The lowest BCUT2D eigenvalue weighted by Gasteiger charge is -2.35. The number of aryl methyl sites for hydroxylation is 1. The molecule has 1 N–H and O–H groups in total. The number of fused-ring (bicyclic) bond motifs is 1. The fourth-order valence-electron chi connectivity index (χ4n) is 3.25. The molecule has 2 aromatic heterocycles. The minimum absolute atomic E-state index is 0.0297. The smallest absolute Gasteiger partial charge is 0.298 e. The summed E-state index contributed by atoms with van der Waals surface area (Å²) in [4.78, 5) is 20.0. The zero-order valence-corrected chi connectivity index (χ0v) is 17.1. The third-order valence-corrected chi connectivity index (χ3v) is 4.78. The first kappa shape index (κ1) is 20.4. The van der Waals surface area contributed by atoms with Gasteiger partial charge < -0.3 is 19.5 Å². The first-order valence-corrected chi connectivity index (χ1v) is 9.94. The maximum Gasteiger partial charge on any atom is 0.298 e. The Hall–Kier alpha value is -2.35. The molecule has 0 aliphatic heterocycles. The lowest BCUT2D eigenvalue weighted by atomic mass is 9.83. The third kappa shape index (κ3) is 5.13. The van der Waals surface area contributed by atoms with Gasteiger partial charge in [0.25, 0.3) is 6.01 Å². The fraction of sp³-hybridized carbons (Fsp3) is 0.650. The van der Waals surface area contributed by atoms with Gasteiger partial charge in [-0.3, -0.25) is 9.36 Å². The van der Waals surface area contributed by atoms with Gasteiger partial charge in [0.2, 0.25) is 11.8 Å². The molecule has 8 nitrogen and oxygen atoms in total. The summed E-state index contributed by atoms with van der Waals surface area (Å²) in [5.41, 5.74) is 1.55. The van der Waals surface area contributed by atoms with Gasteiger partial charge in [-0.05, 0) is 38.2 Å². The predicted octanol–water partition coefficient (Wildman–Crippen LogP) is 2.46. The highest BCUT2D eigenvalue weighted by Crippen LogP contribution is 2.31. The topological polar surface area (TPSA) is 87.5 Å². The minimum atomic E-state index is -0.0297. The minimum Gasteiger partial charge on any atom is -0.477 e. The lowest BCUT2D eigenvalue weighted by molar-refractivity contribution is -0.120. The average Bonchev–Trinajstić information content (AvgIpc) is 2.93. The van der Waals surface area contributed by atoms with E-state index in [1.54, 1.807) is 0 Å². The average molecular weight is 390 g/mol. The summed E-state index contributed by atoms with van der Waals surface area (Å²) in [6.07, 6.45) is 3.12. The van der Waals surface area contributed by atoms with Crippen molar-refractivity contribution in [1.29, 1.82) is 0 Å². The molecule has 1 saturated carbocycles. The van der Waals surface area contributed by atoms with Gasteiger partial charge in [0.1, 0.15) is 5.52 Å². The van der Waals surface area contributed by atoms with Crippen molar-refractivity contribution < 1.29 is 19.0 Å². The number of carbonyl (C=O) groups excluding carboxylic acids is 1. The number of nitrogens with one attached hydrogen (secondary N) is 1. The van der Waals surface area contributed by atoms with Crippen molar-refractivity contribution in [3.63, 3.8) is 0 Å². The number of ether oxygens (including phenoxy) is 3. The van der Waals surface area contributed by atoms with Gasteiger partial charge in [-0.1, -0.05) is 6.92 Å². The number of hydrogen-bond acceptors (Lipinski definition) is 6. The van der Waals surface area contributed by atoms with E-state index in [9.17, 15) is 4.79 Å². The first-order valence-electron chi connectivity index (χ1n) is 9.94. The number of nitrogens with zero attached hydrogens (tertiary/aromatic N) is 3. The van der Waals surface area contributed by atoms with E-state index < -0.39 is 0 Å². The maximum atomic E-state index is 11.0. The van der Waals surface area contributed by atoms with Crippen LogP contribution in [0.1, 0.15) is 40.0 Å². The van der Waals surface area contributed by atoms with Crippen LogP contribution in [-0.4, -0.2) is 52.4 Å². The van der Waals surface area contributed by atoms with Gasteiger partial charge in [-0.25, -0.2) is 0 Å². The van der Waals surface area contributed by atoms with Crippen LogP contribution in [0.3, 0.4) is 0 Å². The van der Waals surface area contributed by atoms with E-state index in [0.717, 1.165) is 30.4 Å². The monoisotopic (exact) mass is 390 g/mol. The maximum absolute atomic E-state index is 11.0. The number of imidazole rings is 1. The predicted molar refractivity (Wildman–Crippen MR) is 106 cm³/mol. The molecule has 0 radical (unpaired) electrons. The van der Waals surface area contributed by atoms with Gasteiger partial charge >= 0.3 is 0 Å². The Morgan fingerprint density at radius 3 is 2.82 bits per heavy atom. The molecule has 2 heterocycles. The van der Waals surface area contributed by atoms with Gasteiger partial charge in [0.15, 0.2) is 5.65 Å². The first-order chi connectivity index (χ1) is 13.5. The van der Waals surface area contributed by atoms with Crippen molar-refractivity contribution in [2.24, 2.45) is 13.0 Å². The molecule has 1 aliphatic rings. The van der Waals surface area contributed by atoms with Gasteiger partial charge in [-0.2, -0.15) is 9.97 Å². The summed E-state index contributed by atoms with van der Waals surface area (Å²) in [5.74, 6) is 1.03. The molecular weight excluding hydrogens is 360 g/mol. The van der Waals surface area contributed by atoms with Crippen LogP contribution in [0.25, 0.3) is 11.2 Å². The Labute approximate surface area is 165 Å². The molecular formula is C20H30N4O4. The van der Waals surface area contributed by atoms with E-state index in [4.69, 9.17) is 14.2 Å². The second kappa shape index (κ2) is 9.23. The summed E-state index contributed by atoms with van der Waals surface area (Å²) in [6.45, 7) is 7.32. The normalized spacial score (nSPS) is 19.9. The molecule has 0 saturated heterocycles. The second-order valence-corrected chi connectivity index (χ2v) is 7.50. The van der Waals surface area contributed by atoms with Crippen LogP contribution >= 0.6 is 0 Å². The lowest BCUT2D eigenvalue weighted by Crippen LogP contribution is -2.40. The largest absolute Gasteiger partial charge is 0.477 e. The Morgan fingerprint density at radius 2 is 2.11 bits per heavy atom. The Morgan fingerprint density at radius 1 is 1.32 bits per heavy atom. The van der Waals surface area contributed by atoms with Crippen molar-refractivity contribution >= 4 is 17.1 Å². The van der Waals surface area contributed by atoms with Gasteiger partial charge in [-0.15, -0.1) is 0 Å².